The van der Waals surface area contributed by atoms with Gasteiger partial charge in [0.15, 0.2) is 0 Å². The lowest BCUT2D eigenvalue weighted by molar-refractivity contribution is -0.145. The first-order valence-electron chi connectivity index (χ1n) is 51.9. The number of nitrogens with one attached hydrogen (secondary N) is 2. The lowest BCUT2D eigenvalue weighted by atomic mass is 9.74. The summed E-state index contributed by atoms with van der Waals surface area (Å²) in [6.07, 6.45) is 35.2. The SMILES string of the molecule is CC(C)(C)OC(=O)N1CCC(C(CC(=O)O)C2CCCC2)CC1.CC(C)(C)OC(=O)N1CCC([C@@H](CC(=O)O)C2CCCC2)CC1.CCOC(=O)CC(C1CCCC1)C1CCN(C(=O)OC(C)(C)C)CC1.C[C@H](NC(=O)C[C@@H](C1CCCC1)C1CCN(C(=O)OC(C)(C)C)CC1)c1ccccc1.C[C@H](NC(=O)C[C@H](C1CCCC1)C1CCN(C(=O)OC(C)(C)C)CC1)c1ccccc1. The average Bonchev–Trinajstić information content (AvgIpc) is 1.82. The van der Waals surface area contributed by atoms with Crippen molar-refractivity contribution in [2.24, 2.45) is 88.8 Å². The predicted octanol–water partition coefficient (Wildman–Crippen LogP) is 23.6. The largest absolute Gasteiger partial charge is 0.481 e. The Morgan fingerprint density at radius 1 is 0.293 bits per heavy atom. The van der Waals surface area contributed by atoms with Crippen LogP contribution in [0.5, 0.6) is 0 Å². The zero-order valence-electron chi connectivity index (χ0n) is 85.3. The van der Waals surface area contributed by atoms with Gasteiger partial charge in [-0.1, -0.05) is 189 Å². The van der Waals surface area contributed by atoms with E-state index in [0.717, 1.165) is 115 Å². The van der Waals surface area contributed by atoms with Gasteiger partial charge in [-0.2, -0.15) is 0 Å². The van der Waals surface area contributed by atoms with Gasteiger partial charge in [0.1, 0.15) is 28.0 Å². The molecule has 5 saturated heterocycles. The van der Waals surface area contributed by atoms with Crippen LogP contribution >= 0.6 is 0 Å². The summed E-state index contributed by atoms with van der Waals surface area (Å²) in [5.41, 5.74) is -0.0445. The fourth-order valence-electron chi connectivity index (χ4n) is 23.2. The smallest absolute Gasteiger partial charge is 0.410 e. The molecule has 12 rings (SSSR count). The summed E-state index contributed by atoms with van der Waals surface area (Å²) in [7, 11) is 0. The Labute approximate surface area is 799 Å². The van der Waals surface area contributed by atoms with Crippen LogP contribution in [0.4, 0.5) is 24.0 Å². The Morgan fingerprint density at radius 2 is 0.474 bits per heavy atom. The first-order valence-corrected chi connectivity index (χ1v) is 51.9. The summed E-state index contributed by atoms with van der Waals surface area (Å²) >= 11 is 0. The van der Waals surface area contributed by atoms with Gasteiger partial charge in [0.25, 0.3) is 0 Å². The van der Waals surface area contributed by atoms with E-state index < -0.39 is 39.9 Å². The van der Waals surface area contributed by atoms with Crippen molar-refractivity contribution >= 4 is 60.2 Å². The molecule has 10 aliphatic rings. The summed E-state index contributed by atoms with van der Waals surface area (Å²) in [5, 5.41) is 25.0. The number of carbonyl (C=O) groups excluding carboxylic acids is 8. The maximum Gasteiger partial charge on any atom is 0.410 e. The fourth-order valence-corrected chi connectivity index (χ4v) is 23.2. The standard InChI is InChI=1S/2C26H40N2O3.C20H35NO4.2C18H31NO4/c2*1-19(20-10-6-5-7-11-20)27-24(29)18-23(21-12-8-9-13-21)22-14-16-28(17-15-22)25(30)31-26(2,3)4;1-5-24-18(22)14-17(15-8-6-7-9-15)16-10-12-21(13-11-16)19(23)25-20(2,3)4;2*1-18(2,3)23-17(22)19-10-8-14(9-11-19)15(12-16(20)21)13-6-4-5-7-13/h2*5-7,10-11,19,21-23H,8-9,12-18H2,1-4H3,(H,27,29);15-17H,5-14H2,1-4H3;2*13-15H,4-12H2,1-3H3,(H,20,21)/t19-,23+;19-,23-;;15-;/m00.0./s1. The molecule has 5 heterocycles. The minimum atomic E-state index is -0.684. The highest BCUT2D eigenvalue weighted by Gasteiger charge is 2.44. The molecule has 0 bridgehead atoms. The molecule has 5 saturated carbocycles. The molecule has 133 heavy (non-hydrogen) atoms. The van der Waals surface area contributed by atoms with E-state index in [1.807, 2.05) is 162 Å². The molecule has 752 valence electrons. The first kappa shape index (κ1) is 110. The minimum absolute atomic E-state index is 0.0203. The number of hydrogen-bond acceptors (Lipinski definition) is 16. The number of likely N-dealkylation sites (tertiary alicyclic amines) is 5. The van der Waals surface area contributed by atoms with Gasteiger partial charge in [0.05, 0.1) is 18.7 Å². The van der Waals surface area contributed by atoms with Crippen molar-refractivity contribution < 1.29 is 86.6 Å². The Balaban J connectivity index is 0.000000206. The Morgan fingerprint density at radius 3 is 0.654 bits per heavy atom. The van der Waals surface area contributed by atoms with Crippen LogP contribution in [0, 0.1) is 88.8 Å². The van der Waals surface area contributed by atoms with Crippen LogP contribution in [0.1, 0.15) is 373 Å². The molecule has 7 atom stereocenters. The van der Waals surface area contributed by atoms with Gasteiger partial charge < -0.3 is 73.8 Å². The lowest BCUT2D eigenvalue weighted by Gasteiger charge is -2.38. The molecule has 5 aliphatic carbocycles. The molecule has 2 aromatic carbocycles. The topological polar surface area (TPSA) is 307 Å². The number of rotatable bonds is 25. The molecule has 25 nitrogen and oxygen atoms in total. The molecule has 7 amide bonds. The van der Waals surface area contributed by atoms with Gasteiger partial charge in [0.2, 0.25) is 11.8 Å². The molecule has 2 unspecified atom stereocenters. The maximum absolute atomic E-state index is 13.0. The van der Waals surface area contributed by atoms with Gasteiger partial charge in [-0.25, -0.2) is 24.0 Å². The van der Waals surface area contributed by atoms with Gasteiger partial charge in [-0.05, 0) is 289 Å². The molecular weight excluding hydrogens is 1680 g/mol. The number of aliphatic carboxylic acids is 2. The number of benzene rings is 2. The zero-order chi connectivity index (χ0) is 97.4. The molecule has 5 aliphatic heterocycles. The third kappa shape index (κ3) is 39.3. The van der Waals surface area contributed by atoms with E-state index in [1.54, 1.807) is 9.80 Å². The van der Waals surface area contributed by atoms with Crippen molar-refractivity contribution in [2.45, 2.75) is 389 Å². The van der Waals surface area contributed by atoms with Crippen LogP contribution in [-0.2, 0) is 52.4 Å². The lowest BCUT2D eigenvalue weighted by Crippen LogP contribution is -2.44. The van der Waals surface area contributed by atoms with Crippen LogP contribution in [0.25, 0.3) is 0 Å². The number of ether oxygens (including phenoxy) is 6. The zero-order valence-corrected chi connectivity index (χ0v) is 85.3. The van der Waals surface area contributed by atoms with Crippen LogP contribution in [0.2, 0.25) is 0 Å². The quantitative estimate of drug-likeness (QED) is 0.0530. The highest BCUT2D eigenvalue weighted by Crippen LogP contribution is 2.47. The van der Waals surface area contributed by atoms with E-state index in [1.165, 1.54) is 128 Å². The molecular formula is C108H177N7O18. The molecule has 10 fully saturated rings. The average molecular weight is 1860 g/mol. The number of amides is 7. The van der Waals surface area contributed by atoms with E-state index >= 15 is 0 Å². The Kier molecular flexibility index (Phi) is 44.2. The van der Waals surface area contributed by atoms with Crippen molar-refractivity contribution in [1.29, 1.82) is 0 Å². The van der Waals surface area contributed by atoms with Crippen LogP contribution in [0.15, 0.2) is 60.7 Å². The number of carboxylic acids is 2. The van der Waals surface area contributed by atoms with Gasteiger partial charge in [-0.3, -0.25) is 24.0 Å². The van der Waals surface area contributed by atoms with Crippen molar-refractivity contribution in [3.8, 4) is 0 Å². The van der Waals surface area contributed by atoms with E-state index in [4.69, 9.17) is 28.4 Å². The van der Waals surface area contributed by atoms with Crippen LogP contribution < -0.4 is 10.6 Å². The Hall–Kier alpha value is -7.86. The molecule has 0 aromatic heterocycles. The third-order valence-electron chi connectivity index (χ3n) is 29.7. The molecule has 0 spiro atoms. The molecule has 2 aromatic rings. The summed E-state index contributed by atoms with van der Waals surface area (Å²) in [6.45, 7) is 41.9. The second-order valence-electron chi connectivity index (χ2n) is 45.6. The fraction of sp³-hybridized carbons (Fsp3) is 0.796. The van der Waals surface area contributed by atoms with Gasteiger partial charge in [0, 0.05) is 97.6 Å². The van der Waals surface area contributed by atoms with Gasteiger partial charge in [-0.15, -0.1) is 0 Å². The maximum atomic E-state index is 13.0. The normalized spacial score (nSPS) is 21.1. The van der Waals surface area contributed by atoms with E-state index in [9.17, 15) is 58.2 Å². The van der Waals surface area contributed by atoms with Crippen molar-refractivity contribution in [3.63, 3.8) is 0 Å². The van der Waals surface area contributed by atoms with Crippen molar-refractivity contribution in [3.05, 3.63) is 71.8 Å². The summed E-state index contributed by atoms with van der Waals surface area (Å²) < 4.78 is 32.6. The van der Waals surface area contributed by atoms with E-state index in [0.29, 0.717) is 129 Å². The number of nitrogens with zero attached hydrogens (tertiary/aromatic N) is 5. The third-order valence-corrected chi connectivity index (χ3v) is 29.7. The summed E-state index contributed by atoms with van der Waals surface area (Å²) in [5.74, 6) is 6.03. The number of hydrogen-bond donors (Lipinski definition) is 4. The predicted molar refractivity (Wildman–Crippen MR) is 521 cm³/mol. The van der Waals surface area contributed by atoms with Crippen LogP contribution in [0.3, 0.4) is 0 Å². The molecule has 25 heteroatoms. The minimum Gasteiger partial charge on any atom is -0.481 e. The van der Waals surface area contributed by atoms with E-state index in [-0.39, 0.29) is 85.0 Å². The number of piperidine rings is 5. The summed E-state index contributed by atoms with van der Waals surface area (Å²) in [6, 6.07) is 20.3. The first-order chi connectivity index (χ1) is 62.8. The highest BCUT2D eigenvalue weighted by molar-refractivity contribution is 5.78. The number of carbonyl (C=O) groups is 10. The highest BCUT2D eigenvalue weighted by atomic mass is 16.6. The van der Waals surface area contributed by atoms with E-state index in [2.05, 4.69) is 48.7 Å². The molecule has 0 radical (unpaired) electrons. The van der Waals surface area contributed by atoms with Crippen molar-refractivity contribution in [1.82, 2.24) is 35.1 Å². The Bertz CT molecular complexity index is 3630. The second-order valence-corrected chi connectivity index (χ2v) is 45.6. The number of carboxylic acid groups (broad SMARTS) is 2. The monoisotopic (exact) mass is 1860 g/mol. The second kappa shape index (κ2) is 53.2. The molecule has 4 N–H and O–H groups in total. The van der Waals surface area contributed by atoms with Crippen molar-refractivity contribution in [2.75, 3.05) is 72.1 Å². The summed E-state index contributed by atoms with van der Waals surface area (Å²) in [4.78, 5) is 131. The van der Waals surface area contributed by atoms with Crippen LogP contribution in [-0.4, -0.2) is 195 Å². The van der Waals surface area contributed by atoms with Gasteiger partial charge >= 0.3 is 48.4 Å². The number of esters is 1.